The van der Waals surface area contributed by atoms with Crippen molar-refractivity contribution in [3.8, 4) is 11.5 Å². The van der Waals surface area contributed by atoms with Gasteiger partial charge in [-0.3, -0.25) is 14.4 Å². The number of benzene rings is 1. The molecule has 25 heavy (non-hydrogen) atoms. The summed E-state index contributed by atoms with van der Waals surface area (Å²) >= 11 is 0. The van der Waals surface area contributed by atoms with Crippen LogP contribution < -0.4 is 14.8 Å². The Hall–Kier alpha value is -2.77. The molecule has 1 atom stereocenters. The topological polar surface area (TPSA) is 105 Å². The van der Waals surface area contributed by atoms with Crippen LogP contribution >= 0.6 is 0 Å². The molecule has 8 nitrogen and oxygen atoms in total. The first-order chi connectivity index (χ1) is 11.9. The van der Waals surface area contributed by atoms with Crippen LogP contribution in [0.4, 0.5) is 0 Å². The standard InChI is InChI=1S/C17H20N2O6/c1-24-11-2-3-12-13(8-11)25-17(10-18-16(12)23)5-4-14(20)19(7-6-17)9-15(21)22/h2-3,8H,4-7,9-10H2,1H3,(H,18,23)(H,21,22)/t17-/m0/s1. The van der Waals surface area contributed by atoms with E-state index in [2.05, 4.69) is 5.32 Å². The Morgan fingerprint density at radius 3 is 2.92 bits per heavy atom. The van der Waals surface area contributed by atoms with Gasteiger partial charge < -0.3 is 24.8 Å². The molecule has 0 aliphatic carbocycles. The quantitative estimate of drug-likeness (QED) is 0.831. The number of ether oxygens (including phenoxy) is 2. The Balaban J connectivity index is 1.87. The van der Waals surface area contributed by atoms with E-state index in [-0.39, 0.29) is 37.9 Å². The third kappa shape index (κ3) is 3.52. The van der Waals surface area contributed by atoms with E-state index in [0.29, 0.717) is 29.9 Å². The molecule has 0 bridgehead atoms. The summed E-state index contributed by atoms with van der Waals surface area (Å²) in [4.78, 5) is 36.7. The normalized spacial score (nSPS) is 23.2. The molecule has 1 fully saturated rings. The predicted molar refractivity (Wildman–Crippen MR) is 86.8 cm³/mol. The molecule has 8 heteroatoms. The Bertz CT molecular complexity index is 719. The van der Waals surface area contributed by atoms with E-state index >= 15 is 0 Å². The summed E-state index contributed by atoms with van der Waals surface area (Å²) in [6.45, 7) is 0.197. The van der Waals surface area contributed by atoms with Gasteiger partial charge in [0.25, 0.3) is 5.91 Å². The monoisotopic (exact) mass is 348 g/mol. The summed E-state index contributed by atoms with van der Waals surface area (Å²) in [5.74, 6) is -0.527. The zero-order valence-corrected chi connectivity index (χ0v) is 13.9. The van der Waals surface area contributed by atoms with E-state index < -0.39 is 11.6 Å². The van der Waals surface area contributed by atoms with Crippen LogP contribution in [0.25, 0.3) is 0 Å². The Labute approximate surface area is 144 Å². The third-order valence-corrected chi connectivity index (χ3v) is 4.64. The summed E-state index contributed by atoms with van der Waals surface area (Å²) in [6, 6.07) is 4.98. The van der Waals surface area contributed by atoms with Crippen molar-refractivity contribution in [2.45, 2.75) is 24.9 Å². The minimum atomic E-state index is -1.05. The molecule has 3 rings (SSSR count). The average molecular weight is 348 g/mol. The predicted octanol–water partition coefficient (Wildman–Crippen LogP) is 0.653. The van der Waals surface area contributed by atoms with Gasteiger partial charge in [-0.25, -0.2) is 0 Å². The number of rotatable bonds is 3. The number of hydrogen-bond donors (Lipinski definition) is 2. The first kappa shape index (κ1) is 17.1. The zero-order chi connectivity index (χ0) is 18.0. The lowest BCUT2D eigenvalue weighted by atomic mass is 9.94. The molecule has 2 amide bonds. The number of carboxylic acid groups (broad SMARTS) is 1. The van der Waals surface area contributed by atoms with Crippen LogP contribution in [0.2, 0.25) is 0 Å². The highest BCUT2D eigenvalue weighted by atomic mass is 16.5. The van der Waals surface area contributed by atoms with Crippen molar-refractivity contribution in [2.24, 2.45) is 0 Å². The molecule has 2 heterocycles. The highest BCUT2D eigenvalue weighted by molar-refractivity contribution is 5.97. The summed E-state index contributed by atoms with van der Waals surface area (Å²) in [5.41, 5.74) is -0.341. The first-order valence-corrected chi connectivity index (χ1v) is 8.07. The lowest BCUT2D eigenvalue weighted by Gasteiger charge is -2.32. The van der Waals surface area contributed by atoms with Crippen molar-refractivity contribution < 1.29 is 29.0 Å². The smallest absolute Gasteiger partial charge is 0.323 e. The lowest BCUT2D eigenvalue weighted by Crippen LogP contribution is -2.46. The number of nitrogens with one attached hydrogen (secondary N) is 1. The second kappa shape index (κ2) is 6.62. The molecular formula is C17H20N2O6. The third-order valence-electron chi connectivity index (χ3n) is 4.64. The van der Waals surface area contributed by atoms with Gasteiger partial charge in [0.15, 0.2) is 0 Å². The van der Waals surface area contributed by atoms with Crippen molar-refractivity contribution in [1.29, 1.82) is 0 Å². The average Bonchev–Trinajstić information content (AvgIpc) is 2.82. The molecule has 2 aliphatic heterocycles. The summed E-state index contributed by atoms with van der Waals surface area (Å²) < 4.78 is 11.4. The molecule has 0 aromatic heterocycles. The van der Waals surface area contributed by atoms with Crippen LogP contribution in [0, 0.1) is 0 Å². The van der Waals surface area contributed by atoms with Crippen LogP contribution in [-0.2, 0) is 9.59 Å². The summed E-state index contributed by atoms with van der Waals surface area (Å²) in [5, 5.41) is 11.8. The van der Waals surface area contributed by atoms with E-state index in [9.17, 15) is 14.4 Å². The van der Waals surface area contributed by atoms with Gasteiger partial charge in [-0.2, -0.15) is 0 Å². The van der Waals surface area contributed by atoms with Gasteiger partial charge in [-0.1, -0.05) is 0 Å². The van der Waals surface area contributed by atoms with E-state index in [1.807, 2.05) is 0 Å². The van der Waals surface area contributed by atoms with E-state index in [1.165, 1.54) is 12.0 Å². The maximum absolute atomic E-state index is 12.3. The van der Waals surface area contributed by atoms with Gasteiger partial charge in [-0.05, 0) is 18.6 Å². The fourth-order valence-corrected chi connectivity index (χ4v) is 3.20. The largest absolute Gasteiger partial charge is 0.497 e. The molecule has 0 unspecified atom stereocenters. The second-order valence-corrected chi connectivity index (χ2v) is 6.29. The van der Waals surface area contributed by atoms with Gasteiger partial charge >= 0.3 is 5.97 Å². The molecule has 2 N–H and O–H groups in total. The first-order valence-electron chi connectivity index (χ1n) is 8.07. The number of amides is 2. The maximum Gasteiger partial charge on any atom is 0.323 e. The second-order valence-electron chi connectivity index (χ2n) is 6.29. The molecular weight excluding hydrogens is 328 g/mol. The number of likely N-dealkylation sites (tertiary alicyclic amines) is 1. The van der Waals surface area contributed by atoms with Crippen LogP contribution in [0.15, 0.2) is 18.2 Å². The number of carbonyl (C=O) groups is 3. The van der Waals surface area contributed by atoms with E-state index in [0.717, 1.165) is 0 Å². The minimum Gasteiger partial charge on any atom is -0.497 e. The SMILES string of the molecule is COc1ccc2c(c1)O[C@]1(CCC(=O)N(CC(=O)O)CC1)CNC2=O. The number of methoxy groups -OCH3 is 1. The van der Waals surface area contributed by atoms with Gasteiger partial charge in [0, 0.05) is 25.5 Å². The number of fused-ring (bicyclic) bond motifs is 1. The van der Waals surface area contributed by atoms with Crippen molar-refractivity contribution >= 4 is 17.8 Å². The molecule has 2 aliphatic rings. The number of hydrogen-bond acceptors (Lipinski definition) is 5. The highest BCUT2D eigenvalue weighted by Crippen LogP contribution is 2.35. The van der Waals surface area contributed by atoms with Crippen LogP contribution in [-0.4, -0.2) is 60.1 Å². The van der Waals surface area contributed by atoms with Crippen LogP contribution in [0.5, 0.6) is 11.5 Å². The zero-order valence-electron chi connectivity index (χ0n) is 13.9. The fourth-order valence-electron chi connectivity index (χ4n) is 3.20. The molecule has 1 aromatic carbocycles. The summed E-state index contributed by atoms with van der Waals surface area (Å²) in [6.07, 6.45) is 1.00. The summed E-state index contributed by atoms with van der Waals surface area (Å²) in [7, 11) is 1.53. The molecule has 1 saturated heterocycles. The maximum atomic E-state index is 12.3. The van der Waals surface area contributed by atoms with Crippen LogP contribution in [0.3, 0.4) is 0 Å². The minimum absolute atomic E-state index is 0.169. The van der Waals surface area contributed by atoms with Gasteiger partial charge in [0.1, 0.15) is 23.6 Å². The van der Waals surface area contributed by atoms with Crippen molar-refractivity contribution in [1.82, 2.24) is 10.2 Å². The van der Waals surface area contributed by atoms with E-state index in [1.54, 1.807) is 18.2 Å². The van der Waals surface area contributed by atoms with Crippen molar-refractivity contribution in [3.63, 3.8) is 0 Å². The van der Waals surface area contributed by atoms with Gasteiger partial charge in [0.2, 0.25) is 5.91 Å². The van der Waals surface area contributed by atoms with Crippen molar-refractivity contribution in [2.75, 3.05) is 26.7 Å². The van der Waals surface area contributed by atoms with Crippen LogP contribution in [0.1, 0.15) is 29.6 Å². The number of carbonyl (C=O) groups excluding carboxylic acids is 2. The fraction of sp³-hybridized carbons (Fsp3) is 0.471. The Kier molecular flexibility index (Phi) is 4.52. The highest BCUT2D eigenvalue weighted by Gasteiger charge is 2.40. The van der Waals surface area contributed by atoms with Crippen molar-refractivity contribution in [3.05, 3.63) is 23.8 Å². The lowest BCUT2D eigenvalue weighted by molar-refractivity contribution is -0.144. The molecule has 134 valence electrons. The molecule has 0 radical (unpaired) electrons. The van der Waals surface area contributed by atoms with Gasteiger partial charge in [-0.15, -0.1) is 0 Å². The number of aliphatic carboxylic acids is 1. The van der Waals surface area contributed by atoms with Gasteiger partial charge in [0.05, 0.1) is 19.2 Å². The Morgan fingerprint density at radius 1 is 1.40 bits per heavy atom. The molecule has 0 saturated carbocycles. The number of carboxylic acids is 1. The Morgan fingerprint density at radius 2 is 2.20 bits per heavy atom. The molecule has 1 spiro atoms. The molecule has 1 aromatic rings. The van der Waals surface area contributed by atoms with E-state index in [4.69, 9.17) is 14.6 Å². The number of nitrogens with zero attached hydrogens (tertiary/aromatic N) is 1.